The predicted octanol–water partition coefficient (Wildman–Crippen LogP) is 5.25. The van der Waals surface area contributed by atoms with E-state index in [-0.39, 0.29) is 10.1 Å². The number of benzene rings is 2. The molecule has 2 aromatic rings. The molecule has 0 spiro atoms. The molecule has 0 saturated heterocycles. The van der Waals surface area contributed by atoms with Crippen LogP contribution in [0.3, 0.4) is 0 Å². The summed E-state index contributed by atoms with van der Waals surface area (Å²) in [4.78, 5) is 13.7. The molecule has 1 unspecified atom stereocenters. The van der Waals surface area contributed by atoms with Crippen LogP contribution < -0.4 is 10.2 Å². The average Bonchev–Trinajstić information content (AvgIpc) is 3.00. The number of carboxylic acid groups (broad SMARTS) is 1. The Hall–Kier alpha value is -1.93. The van der Waals surface area contributed by atoms with Crippen LogP contribution in [0.1, 0.15) is 26.3 Å². The number of hydrogen-bond acceptors (Lipinski definition) is 5. The minimum atomic E-state index is -4.00. The van der Waals surface area contributed by atoms with E-state index in [4.69, 9.17) is 34.8 Å². The Labute approximate surface area is 196 Å². The van der Waals surface area contributed by atoms with Gasteiger partial charge in [0.1, 0.15) is 5.66 Å². The third kappa shape index (κ3) is 4.00. The van der Waals surface area contributed by atoms with Crippen molar-refractivity contribution < 1.29 is 18.3 Å². The molecule has 31 heavy (non-hydrogen) atoms. The Morgan fingerprint density at radius 2 is 1.58 bits per heavy atom. The van der Waals surface area contributed by atoms with Crippen LogP contribution in [0.15, 0.2) is 53.2 Å². The quantitative estimate of drug-likeness (QED) is 0.592. The van der Waals surface area contributed by atoms with Gasteiger partial charge in [0.2, 0.25) is 0 Å². The molecule has 6 nitrogen and oxygen atoms in total. The number of aliphatic carboxylic acids is 1. The fourth-order valence-electron chi connectivity index (χ4n) is 3.85. The van der Waals surface area contributed by atoms with Crippen LogP contribution >= 0.6 is 34.8 Å². The zero-order valence-electron chi connectivity index (χ0n) is 17.2. The number of carbonyl (C=O) groups is 1. The van der Waals surface area contributed by atoms with Crippen molar-refractivity contribution in [3.63, 3.8) is 0 Å². The van der Waals surface area contributed by atoms with Gasteiger partial charge in [0.15, 0.2) is 20.6 Å². The van der Waals surface area contributed by atoms with Gasteiger partial charge in [-0.1, -0.05) is 61.6 Å². The van der Waals surface area contributed by atoms with Crippen LogP contribution in [0, 0.1) is 5.41 Å². The zero-order chi connectivity index (χ0) is 23.4. The van der Waals surface area contributed by atoms with E-state index in [0.29, 0.717) is 21.3 Å². The molecule has 1 aliphatic rings. The van der Waals surface area contributed by atoms with Crippen LogP contribution in [-0.4, -0.2) is 25.7 Å². The molecule has 166 valence electrons. The van der Waals surface area contributed by atoms with Crippen LogP contribution in [-0.2, 0) is 20.3 Å². The van der Waals surface area contributed by atoms with Crippen molar-refractivity contribution >= 4 is 56.3 Å². The summed E-state index contributed by atoms with van der Waals surface area (Å²) in [6.45, 7) is 5.58. The third-order valence-corrected chi connectivity index (χ3v) is 7.00. The van der Waals surface area contributed by atoms with Gasteiger partial charge in [-0.2, -0.15) is 0 Å². The van der Waals surface area contributed by atoms with E-state index in [1.54, 1.807) is 36.4 Å². The highest BCUT2D eigenvalue weighted by Gasteiger charge is 2.58. The van der Waals surface area contributed by atoms with Gasteiger partial charge in [-0.25, -0.2) is 13.2 Å². The second-order valence-corrected chi connectivity index (χ2v) is 11.5. The maximum atomic E-state index is 12.9. The van der Waals surface area contributed by atoms with Gasteiger partial charge < -0.3 is 15.3 Å². The summed E-state index contributed by atoms with van der Waals surface area (Å²) >= 11 is 18.7. The minimum Gasteiger partial charge on any atom is -0.477 e. The molecule has 2 N–H and O–H groups in total. The molecule has 1 heterocycles. The fraction of sp³-hybridized carbons (Fsp3) is 0.286. The first kappa shape index (κ1) is 23.7. The highest BCUT2D eigenvalue weighted by Crippen LogP contribution is 2.53. The number of nitrogens with zero attached hydrogens (tertiary/aromatic N) is 1. The smallest absolute Gasteiger partial charge is 0.355 e. The molecule has 3 rings (SSSR count). The van der Waals surface area contributed by atoms with Crippen molar-refractivity contribution in [1.29, 1.82) is 0 Å². The summed E-state index contributed by atoms with van der Waals surface area (Å²) in [5, 5.41) is 13.7. The number of nitrogens with one attached hydrogen (secondary N) is 1. The van der Waals surface area contributed by atoms with Crippen LogP contribution in [0.25, 0.3) is 0 Å². The van der Waals surface area contributed by atoms with Crippen LogP contribution in [0.4, 0.5) is 5.69 Å². The van der Waals surface area contributed by atoms with Crippen LogP contribution in [0.5, 0.6) is 0 Å². The number of rotatable bonds is 4. The first-order chi connectivity index (χ1) is 14.2. The first-order valence-electron chi connectivity index (χ1n) is 9.17. The summed E-state index contributed by atoms with van der Waals surface area (Å²) in [7, 11) is -4.00. The largest absolute Gasteiger partial charge is 0.477 e. The minimum absolute atomic E-state index is 0.258. The second kappa shape index (κ2) is 7.89. The topological polar surface area (TPSA) is 86.7 Å². The molecule has 0 fully saturated rings. The van der Waals surface area contributed by atoms with Gasteiger partial charge in [-0.3, -0.25) is 0 Å². The Morgan fingerprint density at radius 1 is 1.03 bits per heavy atom. The van der Waals surface area contributed by atoms with Crippen molar-refractivity contribution in [2.24, 2.45) is 5.41 Å². The highest BCUT2D eigenvalue weighted by molar-refractivity contribution is 7.94. The summed E-state index contributed by atoms with van der Waals surface area (Å²) in [6.07, 6.45) is 0.970. The van der Waals surface area contributed by atoms with Crippen molar-refractivity contribution in [3.05, 3.63) is 73.8 Å². The van der Waals surface area contributed by atoms with E-state index in [1.807, 2.05) is 20.8 Å². The normalized spacial score (nSPS) is 19.5. The van der Waals surface area contributed by atoms with E-state index >= 15 is 0 Å². The fourth-order valence-corrected chi connectivity index (χ4v) is 5.60. The Bertz CT molecular complexity index is 1190. The summed E-state index contributed by atoms with van der Waals surface area (Å²) in [5.41, 5.74) is -1.70. The molecule has 0 aromatic heterocycles. The summed E-state index contributed by atoms with van der Waals surface area (Å²) in [6, 6.07) is 11.3. The predicted molar refractivity (Wildman–Crippen MR) is 124 cm³/mol. The van der Waals surface area contributed by atoms with Gasteiger partial charge in [0.25, 0.3) is 0 Å². The third-order valence-electron chi connectivity index (χ3n) is 5.11. The van der Waals surface area contributed by atoms with Gasteiger partial charge in [-0.05, 0) is 36.4 Å². The monoisotopic (exact) mass is 502 g/mol. The lowest BCUT2D eigenvalue weighted by Gasteiger charge is -2.50. The Morgan fingerprint density at radius 3 is 2.03 bits per heavy atom. The summed E-state index contributed by atoms with van der Waals surface area (Å²) < 4.78 is 25.8. The standard InChI is InChI=1S/C21H21Cl3N2O4S/c1-20(2,3)21(15-10-7-13(23)11-16(15)24)25-17(19(27)28)18(31(4,29)30)26(21)14-8-5-12(22)6-9-14/h5-11,25H,1-4H3,(H,27,28). The molecular weight excluding hydrogens is 483 g/mol. The van der Waals surface area contributed by atoms with E-state index in [0.717, 1.165) is 6.26 Å². The Kier molecular flexibility index (Phi) is 6.04. The van der Waals surface area contributed by atoms with Gasteiger partial charge in [0.05, 0.1) is 0 Å². The Balaban J connectivity index is 2.50. The molecule has 2 aromatic carbocycles. The van der Waals surface area contributed by atoms with Crippen molar-refractivity contribution in [2.45, 2.75) is 26.4 Å². The maximum absolute atomic E-state index is 12.9. The van der Waals surface area contributed by atoms with E-state index in [2.05, 4.69) is 5.32 Å². The lowest BCUT2D eigenvalue weighted by atomic mass is 9.74. The molecular formula is C21H21Cl3N2O4S. The molecule has 10 heteroatoms. The summed E-state index contributed by atoms with van der Waals surface area (Å²) in [5.74, 6) is -1.41. The number of hydrogen-bond donors (Lipinski definition) is 2. The van der Waals surface area contributed by atoms with Crippen molar-refractivity contribution in [1.82, 2.24) is 5.32 Å². The zero-order valence-corrected chi connectivity index (χ0v) is 20.3. The van der Waals surface area contributed by atoms with E-state index in [1.165, 1.54) is 11.0 Å². The molecule has 1 aliphatic heterocycles. The highest BCUT2D eigenvalue weighted by atomic mass is 35.5. The molecule has 0 aliphatic carbocycles. The molecule has 1 atom stereocenters. The lowest BCUT2D eigenvalue weighted by Crippen LogP contribution is -2.59. The van der Waals surface area contributed by atoms with E-state index < -0.39 is 32.6 Å². The molecule has 0 amide bonds. The van der Waals surface area contributed by atoms with E-state index in [9.17, 15) is 18.3 Å². The van der Waals surface area contributed by atoms with Crippen LogP contribution in [0.2, 0.25) is 15.1 Å². The number of sulfone groups is 1. The number of halogens is 3. The van der Waals surface area contributed by atoms with Crippen molar-refractivity contribution in [2.75, 3.05) is 11.2 Å². The van der Waals surface area contributed by atoms with Gasteiger partial charge in [-0.15, -0.1) is 0 Å². The van der Waals surface area contributed by atoms with Gasteiger partial charge in [0, 0.05) is 38.0 Å². The second-order valence-electron chi connectivity index (χ2n) is 8.28. The molecule has 0 radical (unpaired) electrons. The number of carboxylic acids is 1. The van der Waals surface area contributed by atoms with Crippen molar-refractivity contribution in [3.8, 4) is 0 Å². The SMILES string of the molecule is CC(C)(C)C1(c2ccc(Cl)cc2Cl)NC(C(=O)O)=C(S(C)(=O)=O)N1c1ccc(Cl)cc1. The lowest BCUT2D eigenvalue weighted by molar-refractivity contribution is -0.133. The average molecular weight is 504 g/mol. The molecule has 0 saturated carbocycles. The first-order valence-corrected chi connectivity index (χ1v) is 12.2. The molecule has 0 bridgehead atoms. The number of anilines is 1. The maximum Gasteiger partial charge on any atom is 0.355 e. The van der Waals surface area contributed by atoms with Gasteiger partial charge >= 0.3 is 5.97 Å².